The molecule has 1 saturated heterocycles. The van der Waals surface area contributed by atoms with Crippen molar-refractivity contribution in [2.24, 2.45) is 0 Å². The van der Waals surface area contributed by atoms with E-state index in [1.54, 1.807) is 39.5 Å². The summed E-state index contributed by atoms with van der Waals surface area (Å²) in [6.07, 6.45) is 0.999. The highest BCUT2D eigenvalue weighted by molar-refractivity contribution is 5.90. The van der Waals surface area contributed by atoms with Crippen molar-refractivity contribution in [2.45, 2.75) is 45.8 Å². The minimum Gasteiger partial charge on any atom is -0.444 e. The molecule has 2 heterocycles. The highest BCUT2D eigenvalue weighted by Crippen LogP contribution is 2.15. The average Bonchev–Trinajstić information content (AvgIpc) is 2.82. The van der Waals surface area contributed by atoms with E-state index in [2.05, 4.69) is 15.6 Å². The van der Waals surface area contributed by atoms with Crippen LogP contribution in [0.2, 0.25) is 0 Å². The molecule has 0 radical (unpaired) electrons. The highest BCUT2D eigenvalue weighted by atomic mass is 19.1. The average molecular weight is 531 g/mol. The summed E-state index contributed by atoms with van der Waals surface area (Å²) in [4.78, 5) is 67.9. The Bertz CT molecular complexity index is 1290. The lowest BCUT2D eigenvalue weighted by atomic mass is 10.0. The van der Waals surface area contributed by atoms with Gasteiger partial charge in [0.1, 0.15) is 22.8 Å². The number of nitrogens with one attached hydrogen (secondary N) is 2. The molecular weight excluding hydrogens is 499 g/mol. The number of urea groups is 1. The van der Waals surface area contributed by atoms with Crippen LogP contribution in [0.3, 0.4) is 0 Å². The van der Waals surface area contributed by atoms with Crippen LogP contribution in [-0.4, -0.2) is 81.0 Å². The number of carbonyl (C=O) groups excluding carboxylic acids is 4. The van der Waals surface area contributed by atoms with Gasteiger partial charge in [0.05, 0.1) is 11.3 Å². The molecule has 0 aliphatic carbocycles. The van der Waals surface area contributed by atoms with Crippen LogP contribution in [0.4, 0.5) is 19.8 Å². The van der Waals surface area contributed by atoms with E-state index in [0.29, 0.717) is 6.29 Å². The molecular formula is C25H31FN6O6. The predicted molar refractivity (Wildman–Crippen MR) is 136 cm³/mol. The summed E-state index contributed by atoms with van der Waals surface area (Å²) in [6, 6.07) is 4.57. The number of benzene rings is 1. The van der Waals surface area contributed by atoms with Crippen LogP contribution in [-0.2, 0) is 9.53 Å². The van der Waals surface area contributed by atoms with Gasteiger partial charge in [0.25, 0.3) is 0 Å². The maximum atomic E-state index is 13.9. The molecule has 4 amide bonds. The fourth-order valence-electron chi connectivity index (χ4n) is 3.74. The first-order valence-corrected chi connectivity index (χ1v) is 11.9. The SMILES string of the molecule is CC(C)(C)OC(=O)NC(C)(C)C(=O)N1CCN(C(=O)Nc2ccn(-c3ccc(C=O)c(F)c3)c(=O)n2)CC1. The topological polar surface area (TPSA) is 143 Å². The summed E-state index contributed by atoms with van der Waals surface area (Å²) in [6.45, 7) is 9.26. The van der Waals surface area contributed by atoms with E-state index in [1.165, 1.54) is 29.3 Å². The first kappa shape index (κ1) is 28.3. The van der Waals surface area contributed by atoms with E-state index >= 15 is 0 Å². The lowest BCUT2D eigenvalue weighted by Gasteiger charge is -2.38. The Morgan fingerprint density at radius 2 is 1.66 bits per heavy atom. The number of rotatable bonds is 5. The number of carbonyl (C=O) groups is 4. The summed E-state index contributed by atoms with van der Waals surface area (Å²) in [5.41, 5.74) is -2.63. The van der Waals surface area contributed by atoms with E-state index in [9.17, 15) is 28.4 Å². The molecule has 0 saturated carbocycles. The zero-order valence-electron chi connectivity index (χ0n) is 21.9. The number of nitrogens with zero attached hydrogens (tertiary/aromatic N) is 4. The van der Waals surface area contributed by atoms with Crippen molar-refractivity contribution in [2.75, 3.05) is 31.5 Å². The van der Waals surface area contributed by atoms with Crippen LogP contribution in [0.1, 0.15) is 45.0 Å². The molecule has 2 N–H and O–H groups in total. The van der Waals surface area contributed by atoms with Crippen molar-refractivity contribution in [3.05, 3.63) is 52.3 Å². The number of anilines is 1. The van der Waals surface area contributed by atoms with Crippen molar-refractivity contribution in [1.82, 2.24) is 24.7 Å². The summed E-state index contributed by atoms with van der Waals surface area (Å²) in [5, 5.41) is 5.13. The number of aldehydes is 1. The maximum absolute atomic E-state index is 13.9. The predicted octanol–water partition coefficient (Wildman–Crippen LogP) is 2.16. The van der Waals surface area contributed by atoms with Gasteiger partial charge in [-0.25, -0.2) is 18.8 Å². The van der Waals surface area contributed by atoms with Crippen molar-refractivity contribution < 1.29 is 28.3 Å². The standard InChI is InChI=1S/C25H31FN6O6/c1-24(2,3)38-23(37)29-25(4,5)20(34)30-10-12-31(13-11-30)21(35)27-19-8-9-32(22(36)28-19)17-7-6-16(15-33)18(26)14-17/h6-9,14-15H,10-13H2,1-5H3,(H,29,37)(H,27,28,35,36). The van der Waals surface area contributed by atoms with Crippen LogP contribution in [0.5, 0.6) is 0 Å². The molecule has 1 aromatic heterocycles. The van der Waals surface area contributed by atoms with Gasteiger partial charge in [-0.1, -0.05) is 0 Å². The zero-order valence-corrected chi connectivity index (χ0v) is 21.9. The Labute approximate surface area is 218 Å². The fraction of sp³-hybridized carbons (Fsp3) is 0.440. The third-order valence-electron chi connectivity index (χ3n) is 5.63. The first-order chi connectivity index (χ1) is 17.7. The van der Waals surface area contributed by atoms with Crippen molar-refractivity contribution in [3.8, 4) is 5.69 Å². The summed E-state index contributed by atoms with van der Waals surface area (Å²) in [5.74, 6) is -1.09. The summed E-state index contributed by atoms with van der Waals surface area (Å²) >= 11 is 0. The smallest absolute Gasteiger partial charge is 0.408 e. The number of amides is 4. The van der Waals surface area contributed by atoms with Crippen LogP contribution < -0.4 is 16.3 Å². The lowest BCUT2D eigenvalue weighted by molar-refractivity contribution is -0.138. The quantitative estimate of drug-likeness (QED) is 0.564. The van der Waals surface area contributed by atoms with E-state index in [4.69, 9.17) is 4.74 Å². The second kappa shape index (κ2) is 11.0. The second-order valence-electron chi connectivity index (χ2n) is 10.3. The number of aromatic nitrogens is 2. The van der Waals surface area contributed by atoms with Gasteiger partial charge in [-0.3, -0.25) is 19.5 Å². The molecule has 1 aromatic carbocycles. The minimum atomic E-state index is -1.21. The number of hydrogen-bond acceptors (Lipinski definition) is 7. The largest absolute Gasteiger partial charge is 0.444 e. The van der Waals surface area contributed by atoms with Crippen molar-refractivity contribution >= 4 is 30.1 Å². The van der Waals surface area contributed by atoms with Gasteiger partial charge < -0.3 is 19.9 Å². The molecule has 2 aromatic rings. The molecule has 13 heteroatoms. The Hall–Kier alpha value is -4.29. The zero-order chi connectivity index (χ0) is 28.3. The van der Waals surface area contributed by atoms with E-state index in [-0.39, 0.29) is 49.2 Å². The van der Waals surface area contributed by atoms with Gasteiger partial charge >= 0.3 is 17.8 Å². The molecule has 0 unspecified atom stereocenters. The number of hydrogen-bond donors (Lipinski definition) is 2. The Kier molecular flexibility index (Phi) is 8.18. The van der Waals surface area contributed by atoms with Gasteiger partial charge in [-0.15, -0.1) is 0 Å². The van der Waals surface area contributed by atoms with Gasteiger partial charge in [-0.05, 0) is 58.9 Å². The van der Waals surface area contributed by atoms with Crippen LogP contribution in [0.15, 0.2) is 35.3 Å². The molecule has 0 spiro atoms. The first-order valence-electron chi connectivity index (χ1n) is 11.9. The maximum Gasteiger partial charge on any atom is 0.408 e. The molecule has 3 rings (SSSR count). The summed E-state index contributed by atoms with van der Waals surface area (Å²) in [7, 11) is 0. The molecule has 1 aliphatic heterocycles. The number of piperazine rings is 1. The molecule has 0 atom stereocenters. The normalized spacial score (nSPS) is 14.1. The number of ether oxygens (including phenoxy) is 1. The monoisotopic (exact) mass is 530 g/mol. The van der Waals surface area contributed by atoms with Gasteiger partial charge in [0.15, 0.2) is 6.29 Å². The summed E-state index contributed by atoms with van der Waals surface area (Å²) < 4.78 is 20.2. The van der Waals surface area contributed by atoms with Gasteiger partial charge in [0.2, 0.25) is 5.91 Å². The second-order valence-corrected chi connectivity index (χ2v) is 10.3. The van der Waals surface area contributed by atoms with Gasteiger partial charge in [-0.2, -0.15) is 4.98 Å². The Morgan fingerprint density at radius 3 is 2.21 bits per heavy atom. The third kappa shape index (κ3) is 6.93. The lowest BCUT2D eigenvalue weighted by Crippen LogP contribution is -2.60. The van der Waals surface area contributed by atoms with Crippen molar-refractivity contribution in [3.63, 3.8) is 0 Å². The molecule has 1 aliphatic rings. The van der Waals surface area contributed by atoms with Crippen LogP contribution >= 0.6 is 0 Å². The fourth-order valence-corrected chi connectivity index (χ4v) is 3.74. The molecule has 12 nitrogen and oxygen atoms in total. The van der Waals surface area contributed by atoms with Crippen LogP contribution in [0, 0.1) is 5.82 Å². The van der Waals surface area contributed by atoms with E-state index in [1.807, 2.05) is 0 Å². The van der Waals surface area contributed by atoms with Crippen LogP contribution in [0.25, 0.3) is 5.69 Å². The molecule has 1 fully saturated rings. The van der Waals surface area contributed by atoms with E-state index in [0.717, 1.165) is 10.6 Å². The molecule has 204 valence electrons. The number of halogens is 1. The highest BCUT2D eigenvalue weighted by Gasteiger charge is 2.36. The third-order valence-corrected chi connectivity index (χ3v) is 5.63. The molecule has 38 heavy (non-hydrogen) atoms. The van der Waals surface area contributed by atoms with E-state index < -0.39 is 34.8 Å². The Morgan fingerprint density at radius 1 is 1.03 bits per heavy atom. The van der Waals surface area contributed by atoms with Crippen molar-refractivity contribution in [1.29, 1.82) is 0 Å². The number of alkyl carbamates (subject to hydrolysis) is 1. The minimum absolute atomic E-state index is 0.00225. The molecule has 0 bridgehead atoms. The Balaban J connectivity index is 1.57. The van der Waals surface area contributed by atoms with Gasteiger partial charge in [0, 0.05) is 32.4 Å².